The maximum atomic E-state index is 6.00. The van der Waals surface area contributed by atoms with E-state index in [0.717, 1.165) is 53.0 Å². The molecule has 0 unspecified atom stereocenters. The number of nitrogens with zero attached hydrogens (tertiary/aromatic N) is 1. The van der Waals surface area contributed by atoms with Crippen molar-refractivity contribution in [2.24, 2.45) is 0 Å². The molecule has 0 aliphatic carbocycles. The summed E-state index contributed by atoms with van der Waals surface area (Å²) in [6.45, 7) is 0.767. The van der Waals surface area contributed by atoms with Crippen LogP contribution >= 0.6 is 15.9 Å². The standard InChI is InChI=1S/C18H18BrN3O/c19-13-8-10-14(11-9-13)22-18-15-5-1-2-7-17(15)23-12-4-3-6-16(18)20-21-22/h1-2,5,7-11,20-21H,3-4,6,12H2. The van der Waals surface area contributed by atoms with Crippen molar-refractivity contribution in [3.63, 3.8) is 0 Å². The summed E-state index contributed by atoms with van der Waals surface area (Å²) in [5, 5.41) is 2.09. The van der Waals surface area contributed by atoms with Crippen LogP contribution in [0.4, 0.5) is 5.69 Å². The Kier molecular flexibility index (Phi) is 3.97. The molecule has 2 aromatic carbocycles. The first-order chi connectivity index (χ1) is 11.3. The molecule has 2 aromatic rings. The topological polar surface area (TPSA) is 36.5 Å². The molecule has 4 rings (SSSR count). The Morgan fingerprint density at radius 1 is 1.00 bits per heavy atom. The van der Waals surface area contributed by atoms with Gasteiger partial charge in [0, 0.05) is 10.0 Å². The maximum absolute atomic E-state index is 6.00. The molecule has 0 radical (unpaired) electrons. The quantitative estimate of drug-likeness (QED) is 0.787. The molecular weight excluding hydrogens is 354 g/mol. The average molecular weight is 372 g/mol. The fraction of sp³-hybridized carbons (Fsp3) is 0.222. The third kappa shape index (κ3) is 2.82. The molecule has 2 N–H and O–H groups in total. The second-order valence-electron chi connectivity index (χ2n) is 5.68. The highest BCUT2D eigenvalue weighted by Gasteiger charge is 2.27. The summed E-state index contributed by atoms with van der Waals surface area (Å²) in [6, 6.07) is 16.5. The van der Waals surface area contributed by atoms with Gasteiger partial charge in [-0.2, -0.15) is 0 Å². The van der Waals surface area contributed by atoms with Gasteiger partial charge in [-0.05, 0) is 55.7 Å². The van der Waals surface area contributed by atoms with Gasteiger partial charge in [0.2, 0.25) is 0 Å². The number of halogens is 1. The van der Waals surface area contributed by atoms with Crippen LogP contribution in [0.25, 0.3) is 5.70 Å². The van der Waals surface area contributed by atoms with Gasteiger partial charge in [0.25, 0.3) is 0 Å². The lowest BCUT2D eigenvalue weighted by Crippen LogP contribution is -2.37. The number of hydrogen-bond acceptors (Lipinski definition) is 4. The smallest absolute Gasteiger partial charge is 0.128 e. The Balaban J connectivity index is 1.82. The first-order valence-electron chi connectivity index (χ1n) is 7.85. The van der Waals surface area contributed by atoms with Crippen LogP contribution in [0.1, 0.15) is 24.8 Å². The lowest BCUT2D eigenvalue weighted by Gasteiger charge is -2.23. The first-order valence-corrected chi connectivity index (χ1v) is 8.65. The van der Waals surface area contributed by atoms with Gasteiger partial charge in [-0.1, -0.05) is 28.1 Å². The van der Waals surface area contributed by atoms with E-state index in [2.05, 4.69) is 56.2 Å². The van der Waals surface area contributed by atoms with Crippen LogP contribution in [0.3, 0.4) is 0 Å². The summed E-state index contributed by atoms with van der Waals surface area (Å²) in [5.74, 6) is 0.939. The Bertz CT molecular complexity index is 742. The minimum Gasteiger partial charge on any atom is -0.493 e. The van der Waals surface area contributed by atoms with Crippen molar-refractivity contribution in [3.05, 3.63) is 64.3 Å². The highest BCUT2D eigenvalue weighted by Crippen LogP contribution is 2.37. The van der Waals surface area contributed by atoms with Crippen LogP contribution in [-0.2, 0) is 0 Å². The minimum atomic E-state index is 0.767. The summed E-state index contributed by atoms with van der Waals surface area (Å²) < 4.78 is 7.07. The molecule has 5 heteroatoms. The largest absolute Gasteiger partial charge is 0.493 e. The van der Waals surface area contributed by atoms with Crippen LogP contribution < -0.4 is 20.7 Å². The molecule has 4 nitrogen and oxygen atoms in total. The molecule has 23 heavy (non-hydrogen) atoms. The number of benzene rings is 2. The molecule has 0 amide bonds. The van der Waals surface area contributed by atoms with E-state index < -0.39 is 0 Å². The molecule has 0 saturated heterocycles. The van der Waals surface area contributed by atoms with Crippen molar-refractivity contribution in [2.75, 3.05) is 11.6 Å². The predicted molar refractivity (Wildman–Crippen MR) is 95.6 cm³/mol. The number of hydrogen-bond donors (Lipinski definition) is 2. The van der Waals surface area contributed by atoms with Crippen molar-refractivity contribution < 1.29 is 4.74 Å². The van der Waals surface area contributed by atoms with Gasteiger partial charge in [-0.3, -0.25) is 5.01 Å². The van der Waals surface area contributed by atoms with Gasteiger partial charge in [-0.15, -0.1) is 5.53 Å². The highest BCUT2D eigenvalue weighted by atomic mass is 79.9. The monoisotopic (exact) mass is 371 g/mol. The lowest BCUT2D eigenvalue weighted by molar-refractivity contribution is 0.306. The molecule has 0 atom stereocenters. The molecule has 0 spiro atoms. The second-order valence-corrected chi connectivity index (χ2v) is 6.59. The number of anilines is 1. The van der Waals surface area contributed by atoms with Gasteiger partial charge < -0.3 is 10.2 Å². The zero-order valence-corrected chi connectivity index (χ0v) is 14.3. The van der Waals surface area contributed by atoms with E-state index in [1.165, 1.54) is 5.70 Å². The van der Waals surface area contributed by atoms with Crippen molar-refractivity contribution in [1.29, 1.82) is 0 Å². The average Bonchev–Trinajstić information content (AvgIpc) is 3.01. The van der Waals surface area contributed by atoms with Crippen LogP contribution in [0.15, 0.2) is 58.7 Å². The molecule has 0 bridgehead atoms. The molecule has 0 saturated carbocycles. The number of nitrogens with one attached hydrogen (secondary N) is 2. The van der Waals surface area contributed by atoms with E-state index in [-0.39, 0.29) is 0 Å². The minimum absolute atomic E-state index is 0.767. The normalized spacial score (nSPS) is 17.3. The van der Waals surface area contributed by atoms with E-state index >= 15 is 0 Å². The highest BCUT2D eigenvalue weighted by molar-refractivity contribution is 9.10. The van der Waals surface area contributed by atoms with E-state index in [4.69, 9.17) is 4.74 Å². The Labute approximate surface area is 144 Å². The predicted octanol–water partition coefficient (Wildman–Crippen LogP) is 4.21. The first kappa shape index (κ1) is 14.6. The van der Waals surface area contributed by atoms with Crippen molar-refractivity contribution in [3.8, 4) is 5.75 Å². The Morgan fingerprint density at radius 2 is 1.83 bits per heavy atom. The van der Waals surface area contributed by atoms with E-state index in [1.807, 2.05) is 24.3 Å². The fourth-order valence-electron chi connectivity index (χ4n) is 3.00. The molecule has 118 valence electrons. The van der Waals surface area contributed by atoms with Crippen molar-refractivity contribution in [1.82, 2.24) is 11.0 Å². The SMILES string of the molecule is Brc1ccc(N2NNC3=C2c2ccccc2OCCCC3)cc1. The van der Waals surface area contributed by atoms with Gasteiger partial charge in [0.15, 0.2) is 0 Å². The summed E-state index contributed by atoms with van der Waals surface area (Å²) in [6.07, 6.45) is 3.17. The molecule has 2 aliphatic rings. The van der Waals surface area contributed by atoms with E-state index in [0.29, 0.717) is 0 Å². The summed E-state index contributed by atoms with van der Waals surface area (Å²) in [4.78, 5) is 0. The van der Waals surface area contributed by atoms with Crippen LogP contribution in [-0.4, -0.2) is 6.61 Å². The third-order valence-corrected chi connectivity index (χ3v) is 4.66. The molecular formula is C18H18BrN3O. The zero-order valence-electron chi connectivity index (χ0n) is 12.7. The lowest BCUT2D eigenvalue weighted by atomic mass is 10.1. The second kappa shape index (κ2) is 6.26. The van der Waals surface area contributed by atoms with Gasteiger partial charge in [0.05, 0.1) is 23.7 Å². The van der Waals surface area contributed by atoms with Crippen LogP contribution in [0.2, 0.25) is 0 Å². The fourth-order valence-corrected chi connectivity index (χ4v) is 3.26. The number of hydrazine groups is 2. The van der Waals surface area contributed by atoms with Gasteiger partial charge >= 0.3 is 0 Å². The molecule has 0 fully saturated rings. The number of fused-ring (bicyclic) bond motifs is 2. The Hall–Kier alpha value is -1.98. The van der Waals surface area contributed by atoms with Crippen molar-refractivity contribution in [2.45, 2.75) is 19.3 Å². The maximum Gasteiger partial charge on any atom is 0.128 e. The number of ether oxygens (including phenoxy) is 1. The number of para-hydroxylation sites is 1. The van der Waals surface area contributed by atoms with Gasteiger partial charge in [-0.25, -0.2) is 0 Å². The van der Waals surface area contributed by atoms with Gasteiger partial charge in [0.1, 0.15) is 5.75 Å². The van der Waals surface area contributed by atoms with Crippen LogP contribution in [0.5, 0.6) is 5.75 Å². The van der Waals surface area contributed by atoms with Crippen LogP contribution in [0, 0.1) is 0 Å². The zero-order chi connectivity index (χ0) is 15.6. The van der Waals surface area contributed by atoms with E-state index in [1.54, 1.807) is 0 Å². The molecule has 0 aromatic heterocycles. The number of allylic oxidation sites excluding steroid dienone is 1. The van der Waals surface area contributed by atoms with E-state index in [9.17, 15) is 0 Å². The number of rotatable bonds is 1. The summed E-state index contributed by atoms with van der Waals surface area (Å²) in [7, 11) is 0. The summed E-state index contributed by atoms with van der Waals surface area (Å²) in [5.41, 5.74) is 11.2. The van der Waals surface area contributed by atoms with Crippen molar-refractivity contribution >= 4 is 27.3 Å². The molecule has 2 heterocycles. The summed E-state index contributed by atoms with van der Waals surface area (Å²) >= 11 is 3.50. The Morgan fingerprint density at radius 3 is 2.70 bits per heavy atom. The third-order valence-electron chi connectivity index (χ3n) is 4.13. The molecule has 2 aliphatic heterocycles.